The van der Waals surface area contributed by atoms with Gasteiger partial charge in [-0.1, -0.05) is 26.7 Å². The van der Waals surface area contributed by atoms with E-state index in [9.17, 15) is 5.11 Å². The monoisotopic (exact) mass is 182 g/mol. The predicted molar refractivity (Wildman–Crippen MR) is 56.8 cm³/mol. The van der Waals surface area contributed by atoms with Crippen LogP contribution < -0.4 is 0 Å². The van der Waals surface area contributed by atoms with Gasteiger partial charge < -0.3 is 5.11 Å². The quantitative estimate of drug-likeness (QED) is 0.691. The number of rotatable bonds is 4. The molecule has 0 aromatic rings. The fourth-order valence-corrected chi connectivity index (χ4v) is 2.61. The minimum absolute atomic E-state index is 0.155. The van der Waals surface area contributed by atoms with E-state index in [1.807, 2.05) is 6.08 Å². The summed E-state index contributed by atoms with van der Waals surface area (Å²) in [7, 11) is 0. The third-order valence-corrected chi connectivity index (χ3v) is 3.20. The molecule has 1 aliphatic carbocycles. The Hall–Kier alpha value is -0.460. The second-order valence-electron chi connectivity index (χ2n) is 4.26. The molecule has 0 radical (unpaired) electrons. The molecule has 0 saturated heterocycles. The van der Waals surface area contributed by atoms with Gasteiger partial charge in [-0.3, -0.25) is 0 Å². The van der Waals surface area contributed by atoms with Crippen molar-refractivity contribution in [2.24, 2.45) is 5.41 Å². The molecular weight excluding hydrogens is 160 g/mol. The number of allylic oxidation sites excluding steroid dienone is 2. The molecule has 0 heterocycles. The number of hydrogen-bond acceptors (Lipinski definition) is 1. The maximum Gasteiger partial charge on any atom is 0.0944 e. The van der Waals surface area contributed by atoms with Crippen molar-refractivity contribution in [3.63, 3.8) is 0 Å². The lowest BCUT2D eigenvalue weighted by atomic mass is 9.71. The first-order chi connectivity index (χ1) is 6.25. The molecule has 0 spiro atoms. The number of aliphatic hydroxyl groups is 1. The van der Waals surface area contributed by atoms with Crippen LogP contribution in [0.15, 0.2) is 11.8 Å². The van der Waals surface area contributed by atoms with E-state index in [4.69, 9.17) is 0 Å². The Morgan fingerprint density at radius 1 is 1.31 bits per heavy atom. The van der Waals surface area contributed by atoms with E-state index in [0.29, 0.717) is 5.76 Å². The minimum atomic E-state index is 0.155. The van der Waals surface area contributed by atoms with Gasteiger partial charge in [0, 0.05) is 5.41 Å². The van der Waals surface area contributed by atoms with Crippen LogP contribution in [0.25, 0.3) is 0 Å². The van der Waals surface area contributed by atoms with E-state index in [1.54, 1.807) is 0 Å². The van der Waals surface area contributed by atoms with Gasteiger partial charge in [0.05, 0.1) is 5.76 Å². The molecule has 0 aromatic carbocycles. The largest absolute Gasteiger partial charge is 0.512 e. The molecule has 1 aliphatic rings. The summed E-state index contributed by atoms with van der Waals surface area (Å²) in [6.45, 7) is 4.42. The van der Waals surface area contributed by atoms with Crippen LogP contribution in [0.1, 0.15) is 58.8 Å². The Labute approximate surface area is 81.9 Å². The highest BCUT2D eigenvalue weighted by atomic mass is 16.3. The lowest BCUT2D eigenvalue weighted by molar-refractivity contribution is 0.156. The summed E-state index contributed by atoms with van der Waals surface area (Å²) in [5.74, 6) is 0.683. The van der Waals surface area contributed by atoms with Crippen molar-refractivity contribution >= 4 is 0 Å². The smallest absolute Gasteiger partial charge is 0.0944 e. The van der Waals surface area contributed by atoms with Gasteiger partial charge in [-0.25, -0.2) is 0 Å². The lowest BCUT2D eigenvalue weighted by Gasteiger charge is -2.35. The zero-order valence-electron chi connectivity index (χ0n) is 8.97. The molecule has 0 aliphatic heterocycles. The molecule has 1 nitrogen and oxygen atoms in total. The molecule has 1 heteroatoms. The van der Waals surface area contributed by atoms with E-state index in [1.165, 1.54) is 25.7 Å². The van der Waals surface area contributed by atoms with E-state index < -0.39 is 0 Å². The Morgan fingerprint density at radius 2 is 1.92 bits per heavy atom. The highest BCUT2D eigenvalue weighted by molar-refractivity contribution is 5.10. The third-order valence-electron chi connectivity index (χ3n) is 3.20. The van der Waals surface area contributed by atoms with Crippen LogP contribution in [0.2, 0.25) is 0 Å². The molecule has 0 saturated carbocycles. The normalized spacial score (nSPS) is 21.2. The van der Waals surface area contributed by atoms with Gasteiger partial charge in [0.25, 0.3) is 0 Å². The minimum Gasteiger partial charge on any atom is -0.512 e. The molecule has 0 aromatic heterocycles. The standard InChI is InChI=1S/C12H22O/c1-3-8-12(9-4-2)10-6-5-7-11(12)13/h7,13H,3-6,8-10H2,1-2H3. The van der Waals surface area contributed by atoms with Crippen molar-refractivity contribution in [2.45, 2.75) is 58.8 Å². The summed E-state index contributed by atoms with van der Waals surface area (Å²) in [6, 6.07) is 0. The van der Waals surface area contributed by atoms with Crippen molar-refractivity contribution in [1.82, 2.24) is 0 Å². The molecule has 76 valence electrons. The summed E-state index contributed by atoms with van der Waals surface area (Å²) in [4.78, 5) is 0. The zero-order valence-corrected chi connectivity index (χ0v) is 8.97. The van der Waals surface area contributed by atoms with E-state index in [2.05, 4.69) is 13.8 Å². The summed E-state index contributed by atoms with van der Waals surface area (Å²) < 4.78 is 0. The lowest BCUT2D eigenvalue weighted by Crippen LogP contribution is -2.25. The van der Waals surface area contributed by atoms with Crippen LogP contribution in [-0.2, 0) is 0 Å². The van der Waals surface area contributed by atoms with Gasteiger partial charge >= 0.3 is 0 Å². The second kappa shape index (κ2) is 4.69. The maximum absolute atomic E-state index is 9.94. The van der Waals surface area contributed by atoms with Gasteiger partial charge in [-0.15, -0.1) is 0 Å². The van der Waals surface area contributed by atoms with Crippen molar-refractivity contribution < 1.29 is 5.11 Å². The second-order valence-corrected chi connectivity index (χ2v) is 4.26. The first-order valence-corrected chi connectivity index (χ1v) is 5.65. The topological polar surface area (TPSA) is 20.2 Å². The van der Waals surface area contributed by atoms with Gasteiger partial charge in [0.1, 0.15) is 0 Å². The van der Waals surface area contributed by atoms with E-state index in [0.717, 1.165) is 19.3 Å². The highest BCUT2D eigenvalue weighted by Gasteiger charge is 2.33. The predicted octanol–water partition coefficient (Wildman–Crippen LogP) is 4.20. The van der Waals surface area contributed by atoms with Crippen molar-refractivity contribution in [3.8, 4) is 0 Å². The molecule has 0 atom stereocenters. The third kappa shape index (κ3) is 2.26. The molecule has 1 rings (SSSR count). The van der Waals surface area contributed by atoms with Crippen LogP contribution >= 0.6 is 0 Å². The molecule has 0 unspecified atom stereocenters. The first kappa shape index (κ1) is 10.6. The van der Waals surface area contributed by atoms with Crippen LogP contribution in [0.3, 0.4) is 0 Å². The molecular formula is C12H22O. The molecule has 0 amide bonds. The van der Waals surface area contributed by atoms with Gasteiger partial charge in [-0.05, 0) is 38.2 Å². The first-order valence-electron chi connectivity index (χ1n) is 5.65. The number of aliphatic hydroxyl groups excluding tert-OH is 1. The SMILES string of the molecule is CCCC1(CCC)CCCC=C1O. The average molecular weight is 182 g/mol. The Balaban J connectivity index is 2.74. The zero-order chi connectivity index (χ0) is 9.73. The van der Waals surface area contributed by atoms with Crippen molar-refractivity contribution in [2.75, 3.05) is 0 Å². The Bertz CT molecular complexity index is 176. The Morgan fingerprint density at radius 3 is 2.38 bits per heavy atom. The average Bonchev–Trinajstić information content (AvgIpc) is 2.11. The van der Waals surface area contributed by atoms with Crippen molar-refractivity contribution in [1.29, 1.82) is 0 Å². The molecule has 1 N–H and O–H groups in total. The van der Waals surface area contributed by atoms with E-state index in [-0.39, 0.29) is 5.41 Å². The van der Waals surface area contributed by atoms with Crippen LogP contribution in [0.4, 0.5) is 0 Å². The van der Waals surface area contributed by atoms with Gasteiger partial charge in [-0.2, -0.15) is 0 Å². The highest BCUT2D eigenvalue weighted by Crippen LogP contribution is 2.43. The molecule has 0 bridgehead atoms. The van der Waals surface area contributed by atoms with Crippen LogP contribution in [-0.4, -0.2) is 5.11 Å². The van der Waals surface area contributed by atoms with Crippen LogP contribution in [0.5, 0.6) is 0 Å². The maximum atomic E-state index is 9.94. The summed E-state index contributed by atoms with van der Waals surface area (Å²) >= 11 is 0. The summed E-state index contributed by atoms with van der Waals surface area (Å²) in [5, 5.41) is 9.94. The Kier molecular flexibility index (Phi) is 3.83. The fraction of sp³-hybridized carbons (Fsp3) is 0.833. The van der Waals surface area contributed by atoms with E-state index >= 15 is 0 Å². The molecule has 0 fully saturated rings. The van der Waals surface area contributed by atoms with Gasteiger partial charge in [0.2, 0.25) is 0 Å². The fourth-order valence-electron chi connectivity index (χ4n) is 2.61. The van der Waals surface area contributed by atoms with Crippen molar-refractivity contribution in [3.05, 3.63) is 11.8 Å². The summed E-state index contributed by atoms with van der Waals surface area (Å²) in [6.07, 6.45) is 10.2. The van der Waals surface area contributed by atoms with Gasteiger partial charge in [0.15, 0.2) is 0 Å². The summed E-state index contributed by atoms with van der Waals surface area (Å²) in [5.41, 5.74) is 0.155. The molecule has 13 heavy (non-hydrogen) atoms. The van der Waals surface area contributed by atoms with Crippen LogP contribution in [0, 0.1) is 5.41 Å². The number of hydrogen-bond donors (Lipinski definition) is 1.